The molecule has 0 aromatic heterocycles. The van der Waals surface area contributed by atoms with Crippen LogP contribution >= 0.6 is 0 Å². The number of ether oxygens (including phenoxy) is 1. The van der Waals surface area contributed by atoms with Gasteiger partial charge in [-0.3, -0.25) is 4.90 Å². The molecular formula is C14H28N2O. The molecule has 3 heteroatoms. The van der Waals surface area contributed by atoms with E-state index in [-0.39, 0.29) is 0 Å². The highest BCUT2D eigenvalue weighted by Gasteiger charge is 2.25. The summed E-state index contributed by atoms with van der Waals surface area (Å²) in [6.07, 6.45) is 7.00. The van der Waals surface area contributed by atoms with Crippen LogP contribution in [-0.4, -0.2) is 49.3 Å². The van der Waals surface area contributed by atoms with Crippen molar-refractivity contribution >= 4 is 0 Å². The molecule has 2 atom stereocenters. The van der Waals surface area contributed by atoms with E-state index in [1.54, 1.807) is 0 Å². The smallest absolute Gasteiger partial charge is 0.0702 e. The van der Waals surface area contributed by atoms with E-state index in [1.807, 2.05) is 0 Å². The van der Waals surface area contributed by atoms with Crippen LogP contribution in [0.4, 0.5) is 0 Å². The predicted molar refractivity (Wildman–Crippen MR) is 71.3 cm³/mol. The van der Waals surface area contributed by atoms with Crippen molar-refractivity contribution in [2.75, 3.05) is 26.2 Å². The van der Waals surface area contributed by atoms with Gasteiger partial charge in [0, 0.05) is 31.8 Å². The topological polar surface area (TPSA) is 24.5 Å². The Labute approximate surface area is 106 Å². The van der Waals surface area contributed by atoms with E-state index in [2.05, 4.69) is 24.1 Å². The SMILES string of the molecule is CCC(CNC1CC1)N(CC)CC1CCCO1. The molecule has 1 saturated heterocycles. The molecule has 2 unspecified atom stereocenters. The Balaban J connectivity index is 1.75. The van der Waals surface area contributed by atoms with Crippen molar-refractivity contribution in [3.8, 4) is 0 Å². The molecule has 2 aliphatic rings. The minimum atomic E-state index is 0.491. The van der Waals surface area contributed by atoms with Gasteiger partial charge in [-0.25, -0.2) is 0 Å². The fraction of sp³-hybridized carbons (Fsp3) is 1.00. The average Bonchev–Trinajstić information content (AvgIpc) is 3.03. The van der Waals surface area contributed by atoms with Crippen molar-refractivity contribution in [2.24, 2.45) is 0 Å². The maximum absolute atomic E-state index is 5.76. The van der Waals surface area contributed by atoms with Crippen LogP contribution in [0.15, 0.2) is 0 Å². The van der Waals surface area contributed by atoms with Crippen molar-refractivity contribution in [2.45, 2.75) is 64.1 Å². The molecule has 0 bridgehead atoms. The standard InChI is InChI=1S/C14H28N2O/c1-3-13(10-15-12-7-8-12)16(4-2)11-14-6-5-9-17-14/h12-15H,3-11H2,1-2H3. The molecule has 100 valence electrons. The summed E-state index contributed by atoms with van der Waals surface area (Å²) in [4.78, 5) is 2.60. The van der Waals surface area contributed by atoms with Gasteiger partial charge in [-0.2, -0.15) is 0 Å². The molecule has 2 rings (SSSR count). The lowest BCUT2D eigenvalue weighted by atomic mass is 10.1. The van der Waals surface area contributed by atoms with Crippen LogP contribution < -0.4 is 5.32 Å². The normalized spacial score (nSPS) is 26.6. The summed E-state index contributed by atoms with van der Waals surface area (Å²) < 4.78 is 5.76. The maximum Gasteiger partial charge on any atom is 0.0702 e. The quantitative estimate of drug-likeness (QED) is 0.702. The van der Waals surface area contributed by atoms with Gasteiger partial charge in [0.15, 0.2) is 0 Å². The van der Waals surface area contributed by atoms with Crippen molar-refractivity contribution < 1.29 is 4.74 Å². The second-order valence-electron chi connectivity index (χ2n) is 5.47. The van der Waals surface area contributed by atoms with Crippen LogP contribution in [0.1, 0.15) is 46.0 Å². The molecule has 0 aromatic rings. The maximum atomic E-state index is 5.76. The second-order valence-corrected chi connectivity index (χ2v) is 5.47. The fourth-order valence-electron chi connectivity index (χ4n) is 2.71. The molecule has 0 amide bonds. The van der Waals surface area contributed by atoms with Gasteiger partial charge in [-0.1, -0.05) is 13.8 Å². The van der Waals surface area contributed by atoms with Crippen molar-refractivity contribution in [1.29, 1.82) is 0 Å². The minimum absolute atomic E-state index is 0.491. The minimum Gasteiger partial charge on any atom is -0.377 e. The number of nitrogens with one attached hydrogen (secondary N) is 1. The zero-order valence-corrected chi connectivity index (χ0v) is 11.5. The molecule has 17 heavy (non-hydrogen) atoms. The Bertz CT molecular complexity index is 212. The van der Waals surface area contributed by atoms with Crippen molar-refractivity contribution in [3.63, 3.8) is 0 Å². The van der Waals surface area contributed by atoms with Gasteiger partial charge in [-0.05, 0) is 38.6 Å². The number of rotatable bonds is 8. The van der Waals surface area contributed by atoms with Gasteiger partial charge in [0.1, 0.15) is 0 Å². The summed E-state index contributed by atoms with van der Waals surface area (Å²) >= 11 is 0. The molecule has 1 N–H and O–H groups in total. The number of likely N-dealkylation sites (N-methyl/N-ethyl adjacent to an activating group) is 1. The Morgan fingerprint density at radius 1 is 1.29 bits per heavy atom. The Morgan fingerprint density at radius 3 is 2.65 bits per heavy atom. The molecule has 3 nitrogen and oxygen atoms in total. The first kappa shape index (κ1) is 13.3. The van der Waals surface area contributed by atoms with E-state index < -0.39 is 0 Å². The summed E-state index contributed by atoms with van der Waals surface area (Å²) in [7, 11) is 0. The van der Waals surface area contributed by atoms with Gasteiger partial charge < -0.3 is 10.1 Å². The Kier molecular flexibility index (Phi) is 5.26. The van der Waals surface area contributed by atoms with Gasteiger partial charge in [0.05, 0.1) is 6.10 Å². The predicted octanol–water partition coefficient (Wildman–Crippen LogP) is 2.02. The summed E-state index contributed by atoms with van der Waals surface area (Å²) in [5.41, 5.74) is 0. The van der Waals surface area contributed by atoms with Gasteiger partial charge in [0.2, 0.25) is 0 Å². The molecule has 2 fully saturated rings. The van der Waals surface area contributed by atoms with Crippen molar-refractivity contribution in [1.82, 2.24) is 10.2 Å². The molecule has 1 heterocycles. The zero-order valence-electron chi connectivity index (χ0n) is 11.5. The third-order valence-corrected chi connectivity index (χ3v) is 4.08. The lowest BCUT2D eigenvalue weighted by Gasteiger charge is -2.32. The lowest BCUT2D eigenvalue weighted by molar-refractivity contribution is 0.0580. The Morgan fingerprint density at radius 2 is 2.12 bits per heavy atom. The van der Waals surface area contributed by atoms with E-state index >= 15 is 0 Å². The highest BCUT2D eigenvalue weighted by atomic mass is 16.5. The average molecular weight is 240 g/mol. The second kappa shape index (κ2) is 6.72. The van der Waals surface area contributed by atoms with Crippen LogP contribution in [-0.2, 0) is 4.74 Å². The van der Waals surface area contributed by atoms with Crippen LogP contribution in [0.5, 0.6) is 0 Å². The van der Waals surface area contributed by atoms with Crippen LogP contribution in [0.3, 0.4) is 0 Å². The van der Waals surface area contributed by atoms with Crippen molar-refractivity contribution in [3.05, 3.63) is 0 Å². The molecule has 1 aliphatic carbocycles. The van der Waals surface area contributed by atoms with E-state index in [1.165, 1.54) is 32.1 Å². The third-order valence-electron chi connectivity index (χ3n) is 4.08. The number of hydrogen-bond donors (Lipinski definition) is 1. The monoisotopic (exact) mass is 240 g/mol. The third kappa shape index (κ3) is 4.23. The first-order valence-electron chi connectivity index (χ1n) is 7.42. The van der Waals surface area contributed by atoms with E-state index in [0.717, 1.165) is 32.3 Å². The zero-order chi connectivity index (χ0) is 12.1. The Hall–Kier alpha value is -0.120. The summed E-state index contributed by atoms with van der Waals surface area (Å²) in [5.74, 6) is 0. The van der Waals surface area contributed by atoms with Gasteiger partial charge >= 0.3 is 0 Å². The van der Waals surface area contributed by atoms with E-state index in [9.17, 15) is 0 Å². The largest absolute Gasteiger partial charge is 0.377 e. The first-order valence-corrected chi connectivity index (χ1v) is 7.42. The highest BCUT2D eigenvalue weighted by molar-refractivity contribution is 4.84. The first-order chi connectivity index (χ1) is 8.33. The molecule has 1 aliphatic heterocycles. The fourth-order valence-corrected chi connectivity index (χ4v) is 2.71. The number of nitrogens with zero attached hydrogens (tertiary/aromatic N) is 1. The van der Waals surface area contributed by atoms with Crippen LogP contribution in [0.2, 0.25) is 0 Å². The molecule has 0 aromatic carbocycles. The molecule has 0 radical (unpaired) electrons. The van der Waals surface area contributed by atoms with Crippen LogP contribution in [0, 0.1) is 0 Å². The van der Waals surface area contributed by atoms with E-state index in [4.69, 9.17) is 4.74 Å². The summed E-state index contributed by atoms with van der Waals surface area (Å²) in [6.45, 7) is 8.97. The van der Waals surface area contributed by atoms with Crippen LogP contribution in [0.25, 0.3) is 0 Å². The number of hydrogen-bond acceptors (Lipinski definition) is 3. The highest BCUT2D eigenvalue weighted by Crippen LogP contribution is 2.20. The van der Waals surface area contributed by atoms with E-state index in [0.29, 0.717) is 12.1 Å². The summed E-state index contributed by atoms with van der Waals surface area (Å²) in [5, 5.41) is 3.66. The van der Waals surface area contributed by atoms with Gasteiger partial charge in [-0.15, -0.1) is 0 Å². The molecule has 0 spiro atoms. The molecular weight excluding hydrogens is 212 g/mol. The van der Waals surface area contributed by atoms with Gasteiger partial charge in [0.25, 0.3) is 0 Å². The summed E-state index contributed by atoms with van der Waals surface area (Å²) in [6, 6.07) is 1.51. The lowest BCUT2D eigenvalue weighted by Crippen LogP contribution is -2.45. The molecule has 1 saturated carbocycles.